The molecule has 0 aromatic carbocycles. The molecule has 0 unspecified atom stereocenters. The molecule has 0 aliphatic carbocycles. The van der Waals surface area contributed by atoms with E-state index in [0.717, 1.165) is 0 Å². The van der Waals surface area contributed by atoms with Crippen LogP contribution in [0, 0.1) is 0 Å². The van der Waals surface area contributed by atoms with Crippen LogP contribution >= 0.6 is 0 Å². The molecule has 48 valence electrons. The number of hydrogen-bond acceptors (Lipinski definition) is 3. The second-order valence-electron chi connectivity index (χ2n) is 0.250. The SMILES string of the molecule is O.O.O.O=[Si]([O-])[O-].[Na+].[Na+]. The first-order valence-electron chi connectivity index (χ1n) is 0.612. The molecule has 0 rings (SSSR count). The summed E-state index contributed by atoms with van der Waals surface area (Å²) in [6, 6.07) is 0. The van der Waals surface area contributed by atoms with E-state index in [2.05, 4.69) is 0 Å². The van der Waals surface area contributed by atoms with Gasteiger partial charge < -0.3 is 30.5 Å². The van der Waals surface area contributed by atoms with Crippen LogP contribution in [0.15, 0.2) is 0 Å². The van der Waals surface area contributed by atoms with Crippen molar-refractivity contribution in [2.24, 2.45) is 0 Å². The molecule has 0 aliphatic heterocycles. The summed E-state index contributed by atoms with van der Waals surface area (Å²) >= 11 is 0. The Morgan fingerprint density at radius 2 is 0.889 bits per heavy atom. The molecule has 0 aliphatic rings. The normalized spacial score (nSPS) is 2.67. The molecule has 0 saturated heterocycles. The summed E-state index contributed by atoms with van der Waals surface area (Å²) in [5.41, 5.74) is 0. The fourth-order valence-corrected chi connectivity index (χ4v) is 0. The quantitative estimate of drug-likeness (QED) is 0.336. The zero-order valence-electron chi connectivity index (χ0n) is 5.22. The minimum absolute atomic E-state index is 0. The zero-order valence-corrected chi connectivity index (χ0v) is 10.2. The van der Waals surface area contributed by atoms with Crippen molar-refractivity contribution in [3.63, 3.8) is 0 Å². The molecule has 6 N–H and O–H groups in total. The number of hydrogen-bond donors (Lipinski definition) is 0. The van der Waals surface area contributed by atoms with Gasteiger partial charge in [0.1, 0.15) is 0 Å². The molecule has 0 aromatic heterocycles. The Morgan fingerprint density at radius 1 is 0.889 bits per heavy atom. The van der Waals surface area contributed by atoms with E-state index in [0.29, 0.717) is 0 Å². The second kappa shape index (κ2) is 33.9. The minimum atomic E-state index is -3.63. The van der Waals surface area contributed by atoms with Gasteiger partial charge in [0.2, 0.25) is 0 Å². The second-order valence-corrected chi connectivity index (χ2v) is 0.750. The van der Waals surface area contributed by atoms with Gasteiger partial charge in [0, 0.05) is 9.17 Å². The summed E-state index contributed by atoms with van der Waals surface area (Å²) in [6.45, 7) is 0. The Labute approximate surface area is 97.7 Å². The Kier molecular flexibility index (Phi) is 176. The monoisotopic (exact) mass is 176 g/mol. The van der Waals surface area contributed by atoms with Crippen LogP contribution in [0.2, 0.25) is 0 Å². The number of rotatable bonds is 0. The van der Waals surface area contributed by atoms with E-state index < -0.39 is 9.17 Å². The molecule has 0 radical (unpaired) electrons. The third-order valence-electron chi connectivity index (χ3n) is 0. The Bertz CT molecular complexity index is 34.0. The van der Waals surface area contributed by atoms with Crippen molar-refractivity contribution in [1.29, 1.82) is 0 Å². The van der Waals surface area contributed by atoms with Gasteiger partial charge in [-0.1, -0.05) is 0 Å². The minimum Gasteiger partial charge on any atom is -0.672 e. The van der Waals surface area contributed by atoms with Crippen molar-refractivity contribution in [1.82, 2.24) is 0 Å². The van der Waals surface area contributed by atoms with Crippen LogP contribution in [0.5, 0.6) is 0 Å². The van der Waals surface area contributed by atoms with Gasteiger partial charge in [-0.15, -0.1) is 0 Å². The molecular formula is H6Na2O6Si. The largest absolute Gasteiger partial charge is 1.00 e. The summed E-state index contributed by atoms with van der Waals surface area (Å²) in [6.07, 6.45) is 0. The van der Waals surface area contributed by atoms with E-state index in [9.17, 15) is 0 Å². The Balaban J connectivity index is -0.00000000450. The molecule has 0 spiro atoms. The van der Waals surface area contributed by atoms with Gasteiger partial charge in [-0.2, -0.15) is 0 Å². The van der Waals surface area contributed by atoms with E-state index in [1.165, 1.54) is 0 Å². The molecule has 0 aromatic rings. The van der Waals surface area contributed by atoms with Crippen LogP contribution in [0.1, 0.15) is 0 Å². The van der Waals surface area contributed by atoms with Crippen molar-refractivity contribution < 1.29 is 89.6 Å². The maximum absolute atomic E-state index is 8.52. The van der Waals surface area contributed by atoms with E-state index >= 15 is 0 Å². The van der Waals surface area contributed by atoms with Gasteiger partial charge in [0.05, 0.1) is 0 Å². The van der Waals surface area contributed by atoms with Crippen molar-refractivity contribution in [2.45, 2.75) is 0 Å². The Hall–Kier alpha value is 1.50. The van der Waals surface area contributed by atoms with Crippen LogP contribution in [0.3, 0.4) is 0 Å². The molecule has 9 heteroatoms. The summed E-state index contributed by atoms with van der Waals surface area (Å²) in [4.78, 5) is 17.0. The molecular weight excluding hydrogens is 170 g/mol. The first-order valence-corrected chi connectivity index (χ1v) is 1.84. The summed E-state index contributed by atoms with van der Waals surface area (Å²) in [5.74, 6) is 0. The molecule has 0 atom stereocenters. The summed E-state index contributed by atoms with van der Waals surface area (Å²) in [7, 11) is -3.63. The van der Waals surface area contributed by atoms with Gasteiger partial charge in [0.15, 0.2) is 0 Å². The molecule has 0 saturated carbocycles. The third kappa shape index (κ3) is 238. The van der Waals surface area contributed by atoms with E-state index in [1.807, 2.05) is 0 Å². The van der Waals surface area contributed by atoms with Crippen LogP contribution in [0.25, 0.3) is 0 Å². The van der Waals surface area contributed by atoms with Gasteiger partial charge in [-0.05, 0) is 0 Å². The van der Waals surface area contributed by atoms with Crippen molar-refractivity contribution >= 4 is 9.17 Å². The predicted octanol–water partition coefficient (Wildman–Crippen LogP) is -11.3. The van der Waals surface area contributed by atoms with Crippen molar-refractivity contribution in [3.05, 3.63) is 0 Å². The standard InChI is InChI=1S/2Na.O3Si.3H2O/c;;1-4(2)3;;;/h;;;3*1H2/q2*+1;-2;;;. The van der Waals surface area contributed by atoms with Gasteiger partial charge in [-0.25, -0.2) is 0 Å². The first-order chi connectivity index (χ1) is 1.73. The molecule has 0 heterocycles. The van der Waals surface area contributed by atoms with Gasteiger partial charge in [-0.3, -0.25) is 0 Å². The zero-order chi connectivity index (χ0) is 3.58. The van der Waals surface area contributed by atoms with Gasteiger partial charge >= 0.3 is 59.1 Å². The van der Waals surface area contributed by atoms with E-state index in [4.69, 9.17) is 14.1 Å². The van der Waals surface area contributed by atoms with E-state index in [1.54, 1.807) is 0 Å². The first kappa shape index (κ1) is 46.8. The molecule has 9 heavy (non-hydrogen) atoms. The maximum Gasteiger partial charge on any atom is 1.00 e. The van der Waals surface area contributed by atoms with Gasteiger partial charge in [0.25, 0.3) is 0 Å². The van der Waals surface area contributed by atoms with Crippen molar-refractivity contribution in [2.75, 3.05) is 0 Å². The summed E-state index contributed by atoms with van der Waals surface area (Å²) < 4.78 is 8.52. The van der Waals surface area contributed by atoms with Crippen LogP contribution in [-0.2, 0) is 4.46 Å². The fourth-order valence-electron chi connectivity index (χ4n) is 0. The Morgan fingerprint density at radius 3 is 0.889 bits per heavy atom. The third-order valence-corrected chi connectivity index (χ3v) is 0. The maximum atomic E-state index is 8.52. The fraction of sp³-hybridized carbons (Fsp3) is 0. The molecule has 0 amide bonds. The topological polar surface area (TPSA) is 158 Å². The molecule has 6 nitrogen and oxygen atoms in total. The smallest absolute Gasteiger partial charge is 0.672 e. The average molecular weight is 176 g/mol. The van der Waals surface area contributed by atoms with E-state index in [-0.39, 0.29) is 75.5 Å². The van der Waals surface area contributed by atoms with Crippen LogP contribution in [0.4, 0.5) is 0 Å². The van der Waals surface area contributed by atoms with Crippen LogP contribution < -0.4 is 68.7 Å². The predicted molar refractivity (Wildman–Crippen MR) is 17.3 cm³/mol. The summed E-state index contributed by atoms with van der Waals surface area (Å²) in [5, 5.41) is 0. The van der Waals surface area contributed by atoms with Crippen molar-refractivity contribution in [3.8, 4) is 0 Å². The average Bonchev–Trinajstić information content (AvgIpc) is 0.811. The molecule has 0 fully saturated rings. The molecule has 0 bridgehead atoms. The van der Waals surface area contributed by atoms with Crippen LogP contribution in [-0.4, -0.2) is 25.6 Å².